The first-order chi connectivity index (χ1) is 19.5. The Morgan fingerprint density at radius 3 is 2.17 bits per heavy atom. The van der Waals surface area contributed by atoms with Crippen molar-refractivity contribution in [3.05, 3.63) is 120 Å². The summed E-state index contributed by atoms with van der Waals surface area (Å²) in [6.07, 6.45) is 3.45. The van der Waals surface area contributed by atoms with Gasteiger partial charge in [-0.05, 0) is 52.6 Å². The SMILES string of the molecule is COc1ccc(CN(C(=O)Cc2ccc(OC)c(OC)c2)C(C(=O)NCc2cccnc2)c2ccccc2)cc1. The predicted octanol–water partition coefficient (Wildman–Crippen LogP) is 4.74. The van der Waals surface area contributed by atoms with Crippen LogP contribution in [0, 0.1) is 0 Å². The number of carbonyl (C=O) groups excluding carboxylic acids is 2. The van der Waals surface area contributed by atoms with Gasteiger partial charge in [-0.1, -0.05) is 54.6 Å². The molecule has 8 heteroatoms. The molecule has 0 fully saturated rings. The third-order valence-corrected chi connectivity index (χ3v) is 6.50. The summed E-state index contributed by atoms with van der Waals surface area (Å²) in [6.45, 7) is 0.506. The Balaban J connectivity index is 1.69. The number of nitrogens with one attached hydrogen (secondary N) is 1. The number of hydrogen-bond donors (Lipinski definition) is 1. The normalized spacial score (nSPS) is 11.3. The fraction of sp³-hybridized carbons (Fsp3) is 0.219. The topological polar surface area (TPSA) is 90.0 Å². The minimum Gasteiger partial charge on any atom is -0.497 e. The van der Waals surface area contributed by atoms with Gasteiger partial charge in [-0.2, -0.15) is 0 Å². The standard InChI is InChI=1S/C32H33N3O5/c1-38-27-14-11-23(12-15-27)22-35(30(36)19-24-13-16-28(39-2)29(18-24)40-3)31(26-9-5-4-6-10-26)32(37)34-21-25-8-7-17-33-20-25/h4-18,20,31H,19,21-22H2,1-3H3,(H,34,37). The monoisotopic (exact) mass is 539 g/mol. The van der Waals surface area contributed by atoms with Gasteiger partial charge in [-0.15, -0.1) is 0 Å². The van der Waals surface area contributed by atoms with Crippen LogP contribution in [-0.2, 0) is 29.1 Å². The van der Waals surface area contributed by atoms with E-state index in [1.807, 2.05) is 72.8 Å². The number of methoxy groups -OCH3 is 3. The van der Waals surface area contributed by atoms with Crippen molar-refractivity contribution in [3.8, 4) is 17.2 Å². The average Bonchev–Trinajstić information content (AvgIpc) is 3.01. The quantitative estimate of drug-likeness (QED) is 0.280. The van der Waals surface area contributed by atoms with Crippen molar-refractivity contribution >= 4 is 11.8 Å². The first-order valence-corrected chi connectivity index (χ1v) is 12.9. The van der Waals surface area contributed by atoms with Crippen molar-refractivity contribution in [2.75, 3.05) is 21.3 Å². The van der Waals surface area contributed by atoms with E-state index in [2.05, 4.69) is 10.3 Å². The summed E-state index contributed by atoms with van der Waals surface area (Å²) >= 11 is 0. The predicted molar refractivity (Wildman–Crippen MR) is 152 cm³/mol. The molecule has 0 aliphatic rings. The number of aromatic nitrogens is 1. The highest BCUT2D eigenvalue weighted by Gasteiger charge is 2.31. The van der Waals surface area contributed by atoms with Crippen molar-refractivity contribution in [1.29, 1.82) is 0 Å². The minimum atomic E-state index is -0.868. The molecule has 8 nitrogen and oxygen atoms in total. The van der Waals surface area contributed by atoms with E-state index in [1.54, 1.807) is 50.8 Å². The fourth-order valence-electron chi connectivity index (χ4n) is 4.41. The van der Waals surface area contributed by atoms with Crippen LogP contribution in [0.5, 0.6) is 17.2 Å². The van der Waals surface area contributed by atoms with E-state index in [-0.39, 0.29) is 31.3 Å². The van der Waals surface area contributed by atoms with Gasteiger partial charge in [0.05, 0.1) is 27.8 Å². The molecule has 1 N–H and O–H groups in total. The van der Waals surface area contributed by atoms with Crippen molar-refractivity contribution < 1.29 is 23.8 Å². The van der Waals surface area contributed by atoms with Gasteiger partial charge in [0.2, 0.25) is 11.8 Å². The Hall–Kier alpha value is -4.85. The second-order valence-corrected chi connectivity index (χ2v) is 9.13. The highest BCUT2D eigenvalue weighted by atomic mass is 16.5. The van der Waals surface area contributed by atoms with Crippen molar-refractivity contribution in [1.82, 2.24) is 15.2 Å². The Morgan fingerprint density at radius 1 is 0.800 bits per heavy atom. The van der Waals surface area contributed by atoms with Gasteiger partial charge in [0.25, 0.3) is 0 Å². The van der Waals surface area contributed by atoms with E-state index in [1.165, 1.54) is 0 Å². The van der Waals surface area contributed by atoms with Gasteiger partial charge in [0.1, 0.15) is 11.8 Å². The number of hydrogen-bond acceptors (Lipinski definition) is 6. The van der Waals surface area contributed by atoms with Crippen molar-refractivity contribution in [2.24, 2.45) is 0 Å². The molecule has 0 saturated carbocycles. The van der Waals surface area contributed by atoms with Crippen LogP contribution in [0.15, 0.2) is 97.3 Å². The third-order valence-electron chi connectivity index (χ3n) is 6.50. The summed E-state index contributed by atoms with van der Waals surface area (Å²) in [4.78, 5) is 33.6. The molecule has 1 aromatic heterocycles. The summed E-state index contributed by atoms with van der Waals surface area (Å²) in [6, 6.07) is 25.0. The summed E-state index contributed by atoms with van der Waals surface area (Å²) in [5, 5.41) is 3.00. The van der Waals surface area contributed by atoms with Crippen molar-refractivity contribution in [2.45, 2.75) is 25.6 Å². The molecule has 1 heterocycles. The Labute approximate surface area is 234 Å². The number of rotatable bonds is 12. The molecule has 206 valence electrons. The van der Waals surface area contributed by atoms with E-state index in [9.17, 15) is 9.59 Å². The van der Waals surface area contributed by atoms with Gasteiger partial charge < -0.3 is 24.4 Å². The lowest BCUT2D eigenvalue weighted by atomic mass is 10.0. The molecule has 4 aromatic rings. The maximum Gasteiger partial charge on any atom is 0.247 e. The summed E-state index contributed by atoms with van der Waals surface area (Å²) < 4.78 is 16.1. The molecule has 0 radical (unpaired) electrons. The zero-order valence-electron chi connectivity index (χ0n) is 22.9. The second kappa shape index (κ2) is 13.8. The van der Waals surface area contributed by atoms with Crippen LogP contribution < -0.4 is 19.5 Å². The number of pyridine rings is 1. The lowest BCUT2D eigenvalue weighted by Crippen LogP contribution is -2.43. The summed E-state index contributed by atoms with van der Waals surface area (Å²) in [5.41, 5.74) is 3.17. The van der Waals surface area contributed by atoms with Crippen LogP contribution in [0.2, 0.25) is 0 Å². The lowest BCUT2D eigenvalue weighted by molar-refractivity contribution is -0.141. The average molecular weight is 540 g/mol. The van der Waals surface area contributed by atoms with E-state index < -0.39 is 6.04 Å². The molecule has 0 aliphatic heterocycles. The molecule has 3 aromatic carbocycles. The maximum absolute atomic E-state index is 14.0. The molecule has 0 bridgehead atoms. The van der Waals surface area contributed by atoms with Crippen LogP contribution in [-0.4, -0.2) is 43.0 Å². The smallest absolute Gasteiger partial charge is 0.247 e. The Bertz CT molecular complexity index is 1400. The molecule has 0 spiro atoms. The van der Waals surface area contributed by atoms with Gasteiger partial charge >= 0.3 is 0 Å². The third kappa shape index (κ3) is 7.17. The maximum atomic E-state index is 14.0. The highest BCUT2D eigenvalue weighted by Crippen LogP contribution is 2.30. The summed E-state index contributed by atoms with van der Waals surface area (Å²) in [5.74, 6) is 1.31. The van der Waals surface area contributed by atoms with Gasteiger partial charge in [0.15, 0.2) is 11.5 Å². The van der Waals surface area contributed by atoms with Crippen LogP contribution in [0.4, 0.5) is 0 Å². The molecule has 0 saturated heterocycles. The Morgan fingerprint density at radius 2 is 1.52 bits per heavy atom. The molecule has 1 unspecified atom stereocenters. The van der Waals surface area contributed by atoms with E-state index in [0.29, 0.717) is 22.8 Å². The van der Waals surface area contributed by atoms with Crippen LogP contribution >= 0.6 is 0 Å². The Kier molecular flexibility index (Phi) is 9.72. The van der Waals surface area contributed by atoms with Gasteiger partial charge in [0, 0.05) is 25.5 Å². The van der Waals surface area contributed by atoms with Crippen molar-refractivity contribution in [3.63, 3.8) is 0 Å². The zero-order valence-corrected chi connectivity index (χ0v) is 22.9. The summed E-state index contributed by atoms with van der Waals surface area (Å²) in [7, 11) is 4.72. The number of nitrogens with zero attached hydrogens (tertiary/aromatic N) is 2. The van der Waals surface area contributed by atoms with Gasteiger partial charge in [-0.3, -0.25) is 14.6 Å². The molecular weight excluding hydrogens is 506 g/mol. The first-order valence-electron chi connectivity index (χ1n) is 12.9. The number of benzene rings is 3. The molecule has 40 heavy (non-hydrogen) atoms. The zero-order chi connectivity index (χ0) is 28.3. The molecule has 0 aliphatic carbocycles. The lowest BCUT2D eigenvalue weighted by Gasteiger charge is -2.32. The second-order valence-electron chi connectivity index (χ2n) is 9.13. The van der Waals surface area contributed by atoms with Crippen LogP contribution in [0.25, 0.3) is 0 Å². The molecule has 4 rings (SSSR count). The highest BCUT2D eigenvalue weighted by molar-refractivity contribution is 5.89. The molecular formula is C32H33N3O5. The van der Waals surface area contributed by atoms with Crippen LogP contribution in [0.3, 0.4) is 0 Å². The van der Waals surface area contributed by atoms with Crippen LogP contribution in [0.1, 0.15) is 28.3 Å². The van der Waals surface area contributed by atoms with E-state index in [0.717, 1.165) is 16.7 Å². The van der Waals surface area contributed by atoms with E-state index in [4.69, 9.17) is 14.2 Å². The molecule has 1 atom stereocenters. The fourth-order valence-corrected chi connectivity index (χ4v) is 4.41. The number of carbonyl (C=O) groups is 2. The first kappa shape index (κ1) is 28.2. The van der Waals surface area contributed by atoms with Gasteiger partial charge in [-0.25, -0.2) is 0 Å². The molecule has 2 amide bonds. The minimum absolute atomic E-state index is 0.0652. The number of amides is 2. The largest absolute Gasteiger partial charge is 0.497 e. The van der Waals surface area contributed by atoms with E-state index >= 15 is 0 Å². The number of ether oxygens (including phenoxy) is 3.